The zero-order valence-corrected chi connectivity index (χ0v) is 20.5. The van der Waals surface area contributed by atoms with E-state index >= 15 is 0 Å². The summed E-state index contributed by atoms with van der Waals surface area (Å²) in [6.45, 7) is 1.88. The number of nitrogens with zero attached hydrogens (tertiary/aromatic N) is 3. The molecule has 0 radical (unpaired) electrons. The molecular formula is C28H33N5O2. The van der Waals surface area contributed by atoms with Crippen LogP contribution in [0.3, 0.4) is 0 Å². The van der Waals surface area contributed by atoms with Crippen LogP contribution in [-0.2, 0) is 17.8 Å². The fourth-order valence-corrected chi connectivity index (χ4v) is 4.44. The van der Waals surface area contributed by atoms with Gasteiger partial charge in [0, 0.05) is 55.9 Å². The lowest BCUT2D eigenvalue weighted by Gasteiger charge is -2.19. The number of amides is 1. The summed E-state index contributed by atoms with van der Waals surface area (Å²) in [5.74, 6) is 1.28. The van der Waals surface area contributed by atoms with Crippen molar-refractivity contribution in [3.63, 3.8) is 0 Å². The molecule has 3 heterocycles. The molecule has 3 aliphatic rings. The summed E-state index contributed by atoms with van der Waals surface area (Å²) in [4.78, 5) is 24.0. The molecule has 3 aromatic rings. The smallest absolute Gasteiger partial charge is 0.251 e. The van der Waals surface area contributed by atoms with E-state index in [2.05, 4.69) is 33.8 Å². The van der Waals surface area contributed by atoms with Crippen molar-refractivity contribution in [1.82, 2.24) is 15.3 Å². The van der Waals surface area contributed by atoms with Crippen LogP contribution in [0.1, 0.15) is 47.2 Å². The van der Waals surface area contributed by atoms with Gasteiger partial charge in [-0.3, -0.25) is 4.79 Å². The van der Waals surface area contributed by atoms with Gasteiger partial charge in [0.1, 0.15) is 0 Å². The monoisotopic (exact) mass is 471 g/mol. The van der Waals surface area contributed by atoms with E-state index in [0.717, 1.165) is 47.8 Å². The summed E-state index contributed by atoms with van der Waals surface area (Å²) in [5.41, 5.74) is 6.85. The molecule has 1 aromatic heterocycles. The maximum Gasteiger partial charge on any atom is 0.251 e. The Labute approximate surface area is 206 Å². The molecule has 0 saturated heterocycles. The van der Waals surface area contributed by atoms with Gasteiger partial charge < -0.3 is 20.3 Å². The van der Waals surface area contributed by atoms with Gasteiger partial charge in [0.15, 0.2) is 0 Å². The largest absolute Gasteiger partial charge is 0.377 e. The summed E-state index contributed by atoms with van der Waals surface area (Å²) < 4.78 is 6.03. The quantitative estimate of drug-likeness (QED) is 0.563. The standard InChI is InChI=1S/C28H33N5O2/c1-33(2)26-17-21-8-10-24(26)25-11-13-30-28(32-25)31-23-9-7-20(15-19-5-6-19)22(16-23)18-35-14-4-3-12-29-27(21)34/h7-11,13,16-17,19H,3-6,12,14-15,18H2,1-2H3,(H,29,34)(H,30,31,32). The van der Waals surface area contributed by atoms with E-state index in [4.69, 9.17) is 9.72 Å². The van der Waals surface area contributed by atoms with Crippen molar-refractivity contribution < 1.29 is 9.53 Å². The van der Waals surface area contributed by atoms with Gasteiger partial charge in [0.25, 0.3) is 5.91 Å². The van der Waals surface area contributed by atoms with Crippen molar-refractivity contribution in [2.24, 2.45) is 5.92 Å². The lowest BCUT2D eigenvalue weighted by molar-refractivity contribution is 0.0945. The Morgan fingerprint density at radius 3 is 2.80 bits per heavy atom. The summed E-state index contributed by atoms with van der Waals surface area (Å²) in [5, 5.41) is 6.42. The lowest BCUT2D eigenvalue weighted by Crippen LogP contribution is -2.25. The third kappa shape index (κ3) is 5.80. The Morgan fingerprint density at radius 1 is 1.09 bits per heavy atom. The Hall–Kier alpha value is -3.45. The molecule has 7 heteroatoms. The first-order valence-corrected chi connectivity index (χ1v) is 12.5. The van der Waals surface area contributed by atoms with E-state index < -0.39 is 0 Å². The van der Waals surface area contributed by atoms with Gasteiger partial charge in [-0.2, -0.15) is 0 Å². The maximum absolute atomic E-state index is 12.7. The molecule has 1 aliphatic carbocycles. The number of aromatic nitrogens is 2. The predicted octanol–water partition coefficient (Wildman–Crippen LogP) is 4.95. The van der Waals surface area contributed by atoms with Crippen LogP contribution in [0.4, 0.5) is 17.3 Å². The number of ether oxygens (including phenoxy) is 1. The fraction of sp³-hybridized carbons (Fsp3) is 0.393. The highest BCUT2D eigenvalue weighted by atomic mass is 16.5. The van der Waals surface area contributed by atoms with Gasteiger partial charge in [-0.05, 0) is 85.5 Å². The SMILES string of the molecule is CN(C)c1cc2ccc1-c1ccnc(n1)Nc1ccc(CC3CC3)c(c1)COCCCCNC2=O. The number of hydrogen-bond donors (Lipinski definition) is 2. The predicted molar refractivity (Wildman–Crippen MR) is 139 cm³/mol. The second kappa shape index (κ2) is 10.4. The number of carbonyl (C=O) groups is 1. The zero-order valence-electron chi connectivity index (χ0n) is 20.5. The highest BCUT2D eigenvalue weighted by molar-refractivity contribution is 5.96. The number of nitrogens with one attached hydrogen (secondary N) is 2. The number of fused-ring (bicyclic) bond motifs is 9. The fourth-order valence-electron chi connectivity index (χ4n) is 4.44. The molecule has 182 valence electrons. The molecular weight excluding hydrogens is 438 g/mol. The van der Waals surface area contributed by atoms with Crippen molar-refractivity contribution in [2.75, 3.05) is 37.5 Å². The first-order valence-electron chi connectivity index (χ1n) is 12.5. The molecule has 2 N–H and O–H groups in total. The van der Waals surface area contributed by atoms with Crippen LogP contribution in [0.5, 0.6) is 0 Å². The van der Waals surface area contributed by atoms with Crippen molar-refractivity contribution in [3.05, 3.63) is 65.4 Å². The average molecular weight is 472 g/mol. The van der Waals surface area contributed by atoms with E-state index in [1.54, 1.807) is 6.20 Å². The normalized spacial score (nSPS) is 16.5. The van der Waals surface area contributed by atoms with Crippen LogP contribution in [0, 0.1) is 5.92 Å². The highest BCUT2D eigenvalue weighted by Gasteiger charge is 2.23. The molecule has 2 aliphatic heterocycles. The van der Waals surface area contributed by atoms with Gasteiger partial charge in [-0.15, -0.1) is 0 Å². The minimum atomic E-state index is -0.0655. The molecule has 0 atom stereocenters. The Bertz CT molecular complexity index is 1210. The van der Waals surface area contributed by atoms with Crippen LogP contribution in [0.25, 0.3) is 11.3 Å². The Balaban J connectivity index is 1.50. The zero-order chi connectivity index (χ0) is 24.2. The van der Waals surface area contributed by atoms with E-state index in [1.165, 1.54) is 24.0 Å². The van der Waals surface area contributed by atoms with Crippen LogP contribution >= 0.6 is 0 Å². The average Bonchev–Trinajstić information content (AvgIpc) is 3.68. The summed E-state index contributed by atoms with van der Waals surface area (Å²) >= 11 is 0. The second-order valence-corrected chi connectivity index (χ2v) is 9.66. The Kier molecular flexibility index (Phi) is 6.95. The molecule has 0 spiro atoms. The van der Waals surface area contributed by atoms with Gasteiger partial charge >= 0.3 is 0 Å². The highest BCUT2D eigenvalue weighted by Crippen LogP contribution is 2.35. The van der Waals surface area contributed by atoms with Crippen LogP contribution in [0.15, 0.2) is 48.7 Å². The van der Waals surface area contributed by atoms with Gasteiger partial charge in [-0.1, -0.05) is 6.07 Å². The van der Waals surface area contributed by atoms with Gasteiger partial charge in [0.2, 0.25) is 5.95 Å². The molecule has 1 amide bonds. The molecule has 6 bridgehead atoms. The minimum Gasteiger partial charge on any atom is -0.377 e. The van der Waals surface area contributed by atoms with Crippen molar-refractivity contribution >= 4 is 23.2 Å². The van der Waals surface area contributed by atoms with Crippen molar-refractivity contribution in [1.29, 1.82) is 0 Å². The number of hydrogen-bond acceptors (Lipinski definition) is 6. The first-order chi connectivity index (χ1) is 17.1. The topological polar surface area (TPSA) is 79.4 Å². The van der Waals surface area contributed by atoms with E-state index in [0.29, 0.717) is 31.3 Å². The van der Waals surface area contributed by atoms with Crippen LogP contribution < -0.4 is 15.5 Å². The molecule has 1 saturated carbocycles. The molecule has 6 rings (SSSR count). The van der Waals surface area contributed by atoms with Gasteiger partial charge in [-0.25, -0.2) is 9.97 Å². The summed E-state index contributed by atoms with van der Waals surface area (Å²) in [6, 6.07) is 14.1. The molecule has 1 fully saturated rings. The van der Waals surface area contributed by atoms with E-state index in [9.17, 15) is 4.79 Å². The Morgan fingerprint density at radius 2 is 1.97 bits per heavy atom. The molecule has 35 heavy (non-hydrogen) atoms. The summed E-state index contributed by atoms with van der Waals surface area (Å²) in [7, 11) is 3.95. The minimum absolute atomic E-state index is 0.0655. The maximum atomic E-state index is 12.7. The van der Waals surface area contributed by atoms with E-state index in [1.807, 2.05) is 43.3 Å². The van der Waals surface area contributed by atoms with Crippen LogP contribution in [-0.4, -0.2) is 43.1 Å². The molecule has 0 unspecified atom stereocenters. The number of rotatable bonds is 3. The van der Waals surface area contributed by atoms with Gasteiger partial charge in [0.05, 0.1) is 12.3 Å². The third-order valence-corrected chi connectivity index (χ3v) is 6.60. The second-order valence-electron chi connectivity index (χ2n) is 9.66. The van der Waals surface area contributed by atoms with Crippen molar-refractivity contribution in [2.45, 2.75) is 38.7 Å². The lowest BCUT2D eigenvalue weighted by atomic mass is 10.0. The number of benzene rings is 2. The summed E-state index contributed by atoms with van der Waals surface area (Å²) in [6.07, 6.45) is 7.30. The first kappa shape index (κ1) is 23.3. The molecule has 7 nitrogen and oxygen atoms in total. The van der Waals surface area contributed by atoms with E-state index in [-0.39, 0.29) is 5.91 Å². The van der Waals surface area contributed by atoms with Crippen LogP contribution in [0.2, 0.25) is 0 Å². The molecule has 2 aromatic carbocycles. The van der Waals surface area contributed by atoms with Crippen molar-refractivity contribution in [3.8, 4) is 11.3 Å². The number of anilines is 3. The number of carbonyl (C=O) groups excluding carboxylic acids is 1. The third-order valence-electron chi connectivity index (χ3n) is 6.60.